The van der Waals surface area contributed by atoms with Crippen molar-refractivity contribution in [2.45, 2.75) is 11.3 Å². The maximum Gasteiger partial charge on any atom is 0.240 e. The fourth-order valence-corrected chi connectivity index (χ4v) is 2.44. The summed E-state index contributed by atoms with van der Waals surface area (Å²) in [6, 6.07) is 6.70. The normalized spacial score (nSPS) is 11.6. The molecule has 0 unspecified atom stereocenters. The van der Waals surface area contributed by atoms with Crippen molar-refractivity contribution in [3.63, 3.8) is 0 Å². The molecule has 0 fully saturated rings. The minimum atomic E-state index is -3.36. The molecule has 0 amide bonds. The van der Waals surface area contributed by atoms with E-state index in [0.717, 1.165) is 3.57 Å². The van der Waals surface area contributed by atoms with Crippen molar-refractivity contribution in [3.8, 4) is 0 Å². The Bertz CT molecular complexity index is 403. The van der Waals surface area contributed by atoms with Crippen LogP contribution in [0, 0.1) is 3.57 Å². The van der Waals surface area contributed by atoms with Gasteiger partial charge in [0.2, 0.25) is 10.0 Å². The highest BCUT2D eigenvalue weighted by atomic mass is 127. The molecule has 0 aliphatic rings. The lowest BCUT2D eigenvalue weighted by Crippen LogP contribution is -2.26. The lowest BCUT2D eigenvalue weighted by atomic mass is 10.4. The van der Waals surface area contributed by atoms with Crippen LogP contribution in [0.15, 0.2) is 29.2 Å². The van der Waals surface area contributed by atoms with Gasteiger partial charge in [-0.05, 0) is 59.8 Å². The molecule has 0 aliphatic carbocycles. The largest absolute Gasteiger partial charge is 0.330 e. The summed E-state index contributed by atoms with van der Waals surface area (Å²) in [5.41, 5.74) is 5.28. The van der Waals surface area contributed by atoms with Gasteiger partial charge in [-0.25, -0.2) is 13.1 Å². The number of hydrogen-bond donors (Lipinski definition) is 2. The Kier molecular flexibility index (Phi) is 4.97. The van der Waals surface area contributed by atoms with E-state index in [1.54, 1.807) is 24.3 Å². The second kappa shape index (κ2) is 5.78. The molecule has 0 spiro atoms. The van der Waals surface area contributed by atoms with E-state index in [9.17, 15) is 8.42 Å². The summed E-state index contributed by atoms with van der Waals surface area (Å²) < 4.78 is 26.8. The Balaban J connectivity index is 2.73. The molecule has 0 saturated carbocycles. The molecular formula is C9H13IN2O2S. The summed E-state index contributed by atoms with van der Waals surface area (Å²) in [4.78, 5) is 0.292. The van der Waals surface area contributed by atoms with Crippen molar-refractivity contribution in [1.82, 2.24) is 4.72 Å². The number of nitrogens with two attached hydrogens (primary N) is 1. The minimum Gasteiger partial charge on any atom is -0.330 e. The summed E-state index contributed by atoms with van der Waals surface area (Å²) in [7, 11) is -3.36. The first-order chi connectivity index (χ1) is 7.06. The monoisotopic (exact) mass is 340 g/mol. The van der Waals surface area contributed by atoms with E-state index in [4.69, 9.17) is 5.73 Å². The van der Waals surface area contributed by atoms with Crippen LogP contribution in [0.4, 0.5) is 0 Å². The first-order valence-corrected chi connectivity index (χ1v) is 7.08. The molecule has 15 heavy (non-hydrogen) atoms. The van der Waals surface area contributed by atoms with Crippen LogP contribution in [-0.4, -0.2) is 21.5 Å². The molecular weight excluding hydrogens is 327 g/mol. The van der Waals surface area contributed by atoms with Gasteiger partial charge in [0.15, 0.2) is 0 Å². The van der Waals surface area contributed by atoms with E-state index in [1.807, 2.05) is 0 Å². The smallest absolute Gasteiger partial charge is 0.240 e. The Labute approximate surface area is 103 Å². The third kappa shape index (κ3) is 4.06. The van der Waals surface area contributed by atoms with Crippen LogP contribution >= 0.6 is 22.6 Å². The van der Waals surface area contributed by atoms with Crippen molar-refractivity contribution < 1.29 is 8.42 Å². The van der Waals surface area contributed by atoms with Crippen LogP contribution in [0.3, 0.4) is 0 Å². The van der Waals surface area contributed by atoms with Gasteiger partial charge < -0.3 is 5.73 Å². The number of nitrogens with one attached hydrogen (secondary N) is 1. The highest BCUT2D eigenvalue weighted by Gasteiger charge is 2.11. The van der Waals surface area contributed by atoms with Crippen LogP contribution in [0.25, 0.3) is 0 Å². The van der Waals surface area contributed by atoms with E-state index in [-0.39, 0.29) is 0 Å². The molecule has 0 bridgehead atoms. The molecule has 1 rings (SSSR count). The summed E-state index contributed by atoms with van der Waals surface area (Å²) >= 11 is 2.13. The second-order valence-corrected chi connectivity index (χ2v) is 6.01. The van der Waals surface area contributed by atoms with E-state index >= 15 is 0 Å². The van der Waals surface area contributed by atoms with Gasteiger partial charge in [-0.2, -0.15) is 0 Å². The Hall–Kier alpha value is -0.180. The third-order valence-electron chi connectivity index (χ3n) is 1.80. The van der Waals surface area contributed by atoms with Crippen molar-refractivity contribution in [3.05, 3.63) is 27.8 Å². The van der Waals surface area contributed by atoms with Gasteiger partial charge in [-0.3, -0.25) is 0 Å². The van der Waals surface area contributed by atoms with Crippen molar-refractivity contribution in [2.24, 2.45) is 5.73 Å². The Morgan fingerprint density at radius 3 is 2.40 bits per heavy atom. The van der Waals surface area contributed by atoms with Crippen LogP contribution in [0.1, 0.15) is 6.42 Å². The van der Waals surface area contributed by atoms with Gasteiger partial charge in [0, 0.05) is 10.1 Å². The van der Waals surface area contributed by atoms with Gasteiger partial charge in [-0.15, -0.1) is 0 Å². The molecule has 0 radical (unpaired) electrons. The highest BCUT2D eigenvalue weighted by molar-refractivity contribution is 14.1. The first-order valence-electron chi connectivity index (χ1n) is 4.51. The maximum absolute atomic E-state index is 11.7. The van der Waals surface area contributed by atoms with Crippen LogP contribution in [-0.2, 0) is 10.0 Å². The number of hydrogen-bond acceptors (Lipinski definition) is 3. The van der Waals surface area contributed by atoms with Gasteiger partial charge in [0.05, 0.1) is 4.90 Å². The molecule has 0 saturated heterocycles. The molecule has 3 N–H and O–H groups in total. The number of sulfonamides is 1. The summed E-state index contributed by atoms with van der Waals surface area (Å²) in [5.74, 6) is 0. The number of benzene rings is 1. The Morgan fingerprint density at radius 1 is 1.27 bits per heavy atom. The second-order valence-electron chi connectivity index (χ2n) is 2.99. The predicted octanol–water partition coefficient (Wildman–Crippen LogP) is 0.918. The summed E-state index contributed by atoms with van der Waals surface area (Å²) in [5, 5.41) is 0. The standard InChI is InChI=1S/C9H13IN2O2S/c10-8-2-4-9(5-3-8)15(13,14)12-7-1-6-11/h2-5,12H,1,6-7,11H2. The lowest BCUT2D eigenvalue weighted by molar-refractivity contribution is 0.579. The van der Waals surface area contributed by atoms with Crippen molar-refractivity contribution in [2.75, 3.05) is 13.1 Å². The molecule has 84 valence electrons. The SMILES string of the molecule is NCCCNS(=O)(=O)c1ccc(I)cc1. The molecule has 0 heterocycles. The minimum absolute atomic E-state index is 0.292. The van der Waals surface area contributed by atoms with E-state index in [1.165, 1.54) is 0 Å². The van der Waals surface area contributed by atoms with Crippen LogP contribution < -0.4 is 10.5 Å². The molecule has 1 aromatic carbocycles. The molecule has 4 nitrogen and oxygen atoms in total. The fourth-order valence-electron chi connectivity index (χ4n) is 1.01. The highest BCUT2D eigenvalue weighted by Crippen LogP contribution is 2.11. The zero-order chi connectivity index (χ0) is 11.3. The van der Waals surface area contributed by atoms with E-state index in [0.29, 0.717) is 24.4 Å². The molecule has 0 atom stereocenters. The zero-order valence-corrected chi connectivity index (χ0v) is 11.1. The number of rotatable bonds is 5. The van der Waals surface area contributed by atoms with Gasteiger partial charge in [0.1, 0.15) is 0 Å². The quantitative estimate of drug-likeness (QED) is 0.618. The van der Waals surface area contributed by atoms with E-state index in [2.05, 4.69) is 27.3 Å². The summed E-state index contributed by atoms with van der Waals surface area (Å²) in [6.07, 6.45) is 0.642. The van der Waals surface area contributed by atoms with E-state index < -0.39 is 10.0 Å². The molecule has 1 aromatic rings. The maximum atomic E-state index is 11.7. The predicted molar refractivity (Wildman–Crippen MR) is 68.0 cm³/mol. The van der Waals surface area contributed by atoms with Gasteiger partial charge in [0.25, 0.3) is 0 Å². The Morgan fingerprint density at radius 2 is 1.87 bits per heavy atom. The topological polar surface area (TPSA) is 72.2 Å². The lowest BCUT2D eigenvalue weighted by Gasteiger charge is -2.05. The first kappa shape index (κ1) is 12.9. The van der Waals surface area contributed by atoms with Crippen molar-refractivity contribution >= 4 is 32.6 Å². The van der Waals surface area contributed by atoms with Gasteiger partial charge >= 0.3 is 0 Å². The van der Waals surface area contributed by atoms with Crippen LogP contribution in [0.5, 0.6) is 0 Å². The molecule has 0 aromatic heterocycles. The molecule has 0 aliphatic heterocycles. The van der Waals surface area contributed by atoms with Gasteiger partial charge in [-0.1, -0.05) is 0 Å². The summed E-state index contributed by atoms with van der Waals surface area (Å²) in [6.45, 7) is 0.861. The average molecular weight is 340 g/mol. The van der Waals surface area contributed by atoms with Crippen LogP contribution in [0.2, 0.25) is 0 Å². The molecule has 6 heteroatoms. The zero-order valence-electron chi connectivity index (χ0n) is 8.11. The average Bonchev–Trinajstić information content (AvgIpc) is 2.18. The third-order valence-corrected chi connectivity index (χ3v) is 3.99. The fraction of sp³-hybridized carbons (Fsp3) is 0.333. The van der Waals surface area contributed by atoms with Crippen molar-refractivity contribution in [1.29, 1.82) is 0 Å². The number of halogens is 1.